The van der Waals surface area contributed by atoms with Crippen molar-refractivity contribution < 1.29 is 0 Å². The first-order valence-electron chi connectivity index (χ1n) is 3.32. The minimum Gasteiger partial charge on any atom is -0.317 e. The third-order valence-corrected chi connectivity index (χ3v) is 1.54. The van der Waals surface area contributed by atoms with Crippen LogP contribution in [0.1, 0.15) is 6.92 Å². The summed E-state index contributed by atoms with van der Waals surface area (Å²) in [5.41, 5.74) is 0. The van der Waals surface area contributed by atoms with Crippen LogP contribution in [-0.4, -0.2) is 36.2 Å². The SMILES string of the molecule is CC(=N)N1CCNCC1=N. The first-order chi connectivity index (χ1) is 4.72. The molecule has 0 unspecified atom stereocenters. The number of amidine groups is 2. The summed E-state index contributed by atoms with van der Waals surface area (Å²) in [5, 5.41) is 17.7. The van der Waals surface area contributed by atoms with Crippen LogP contribution in [0.2, 0.25) is 0 Å². The van der Waals surface area contributed by atoms with Crippen LogP contribution in [-0.2, 0) is 0 Å². The van der Waals surface area contributed by atoms with Gasteiger partial charge in [-0.15, -0.1) is 0 Å². The molecule has 0 aromatic rings. The van der Waals surface area contributed by atoms with Gasteiger partial charge in [-0.25, -0.2) is 0 Å². The highest BCUT2D eigenvalue weighted by Crippen LogP contribution is 1.94. The second-order valence-electron chi connectivity index (χ2n) is 2.36. The maximum Gasteiger partial charge on any atom is 0.115 e. The van der Waals surface area contributed by atoms with Crippen LogP contribution in [0, 0.1) is 10.8 Å². The van der Waals surface area contributed by atoms with Crippen molar-refractivity contribution in [2.45, 2.75) is 6.92 Å². The maximum absolute atomic E-state index is 7.40. The standard InChI is InChI=1S/C6H12N4/c1-5(7)10-3-2-9-4-6(10)8/h7-9H,2-4H2,1H3. The van der Waals surface area contributed by atoms with Crippen LogP contribution in [0.25, 0.3) is 0 Å². The highest BCUT2D eigenvalue weighted by molar-refractivity contribution is 5.98. The van der Waals surface area contributed by atoms with E-state index in [-0.39, 0.29) is 0 Å². The van der Waals surface area contributed by atoms with E-state index in [0.717, 1.165) is 13.1 Å². The van der Waals surface area contributed by atoms with E-state index in [0.29, 0.717) is 18.2 Å². The number of nitrogens with one attached hydrogen (secondary N) is 3. The van der Waals surface area contributed by atoms with Crippen LogP contribution < -0.4 is 5.32 Å². The molecule has 4 heteroatoms. The van der Waals surface area contributed by atoms with Crippen molar-refractivity contribution in [3.63, 3.8) is 0 Å². The molecule has 4 nitrogen and oxygen atoms in total. The molecule has 0 spiro atoms. The second-order valence-corrected chi connectivity index (χ2v) is 2.36. The number of rotatable bonds is 0. The van der Waals surface area contributed by atoms with Crippen molar-refractivity contribution in [1.29, 1.82) is 10.8 Å². The number of nitrogens with zero attached hydrogens (tertiary/aromatic N) is 1. The van der Waals surface area contributed by atoms with E-state index in [2.05, 4.69) is 5.32 Å². The summed E-state index contributed by atoms with van der Waals surface area (Å²) in [7, 11) is 0. The smallest absolute Gasteiger partial charge is 0.115 e. The van der Waals surface area contributed by atoms with Gasteiger partial charge in [0.05, 0.1) is 12.4 Å². The molecule has 0 aromatic carbocycles. The van der Waals surface area contributed by atoms with Crippen LogP contribution in [0.3, 0.4) is 0 Å². The molecule has 0 bridgehead atoms. The summed E-state index contributed by atoms with van der Waals surface area (Å²) in [6, 6.07) is 0. The Morgan fingerprint density at radius 3 is 2.80 bits per heavy atom. The minimum absolute atomic E-state index is 0.464. The summed E-state index contributed by atoms with van der Waals surface area (Å²) in [6.07, 6.45) is 0. The molecule has 56 valence electrons. The average molecular weight is 140 g/mol. The summed E-state index contributed by atoms with van der Waals surface area (Å²) < 4.78 is 0. The van der Waals surface area contributed by atoms with Crippen molar-refractivity contribution >= 4 is 11.7 Å². The van der Waals surface area contributed by atoms with Gasteiger partial charge in [-0.1, -0.05) is 0 Å². The van der Waals surface area contributed by atoms with E-state index in [1.54, 1.807) is 11.8 Å². The van der Waals surface area contributed by atoms with Crippen molar-refractivity contribution in [2.24, 2.45) is 0 Å². The Labute approximate surface area is 60.2 Å². The van der Waals surface area contributed by atoms with Gasteiger partial charge in [-0.2, -0.15) is 0 Å². The lowest BCUT2D eigenvalue weighted by Gasteiger charge is -2.28. The van der Waals surface area contributed by atoms with Crippen LogP contribution in [0.4, 0.5) is 0 Å². The number of piperazine rings is 1. The predicted molar refractivity (Wildman–Crippen MR) is 40.7 cm³/mol. The second kappa shape index (κ2) is 2.79. The molecule has 1 aliphatic rings. The molecule has 0 aliphatic carbocycles. The predicted octanol–water partition coefficient (Wildman–Crippen LogP) is -0.134. The molecule has 0 radical (unpaired) electrons. The first-order valence-corrected chi connectivity index (χ1v) is 3.32. The molecule has 0 amide bonds. The number of hydrogen-bond acceptors (Lipinski definition) is 3. The molecule has 1 aliphatic heterocycles. The summed E-state index contributed by atoms with van der Waals surface area (Å²) in [4.78, 5) is 1.70. The van der Waals surface area contributed by atoms with Gasteiger partial charge >= 0.3 is 0 Å². The van der Waals surface area contributed by atoms with E-state index >= 15 is 0 Å². The molecule has 1 saturated heterocycles. The fourth-order valence-corrected chi connectivity index (χ4v) is 0.998. The van der Waals surface area contributed by atoms with Gasteiger partial charge in [0.2, 0.25) is 0 Å². The van der Waals surface area contributed by atoms with Crippen LogP contribution >= 0.6 is 0 Å². The fraction of sp³-hybridized carbons (Fsp3) is 0.667. The molecule has 10 heavy (non-hydrogen) atoms. The van der Waals surface area contributed by atoms with Gasteiger partial charge in [-0.3, -0.25) is 10.8 Å². The van der Waals surface area contributed by atoms with Gasteiger partial charge in [-0.05, 0) is 6.92 Å². The summed E-state index contributed by atoms with van der Waals surface area (Å²) in [6.45, 7) is 3.93. The lowest BCUT2D eigenvalue weighted by Crippen LogP contribution is -2.49. The van der Waals surface area contributed by atoms with Crippen molar-refractivity contribution in [3.05, 3.63) is 0 Å². The molecule has 1 heterocycles. The maximum atomic E-state index is 7.40. The van der Waals surface area contributed by atoms with Gasteiger partial charge in [0.25, 0.3) is 0 Å². The highest BCUT2D eigenvalue weighted by atomic mass is 15.2. The van der Waals surface area contributed by atoms with Crippen LogP contribution in [0.5, 0.6) is 0 Å². The Morgan fingerprint density at radius 1 is 1.70 bits per heavy atom. The zero-order valence-electron chi connectivity index (χ0n) is 6.07. The Bertz CT molecular complexity index is 163. The summed E-state index contributed by atoms with van der Waals surface area (Å²) >= 11 is 0. The van der Waals surface area contributed by atoms with E-state index in [1.165, 1.54) is 0 Å². The van der Waals surface area contributed by atoms with E-state index in [1.807, 2.05) is 0 Å². The van der Waals surface area contributed by atoms with Crippen LogP contribution in [0.15, 0.2) is 0 Å². The average Bonchev–Trinajstić information content (AvgIpc) is 1.88. The monoisotopic (exact) mass is 140 g/mol. The van der Waals surface area contributed by atoms with E-state index < -0.39 is 0 Å². The van der Waals surface area contributed by atoms with Crippen molar-refractivity contribution in [1.82, 2.24) is 10.2 Å². The Morgan fingerprint density at radius 2 is 2.40 bits per heavy atom. The molecule has 1 rings (SSSR count). The van der Waals surface area contributed by atoms with E-state index in [9.17, 15) is 0 Å². The molecule has 0 aromatic heterocycles. The van der Waals surface area contributed by atoms with Gasteiger partial charge in [0.1, 0.15) is 5.84 Å². The Hall–Kier alpha value is -0.900. The molecule has 1 fully saturated rings. The Kier molecular flexibility index (Phi) is 2.01. The number of hydrogen-bond donors (Lipinski definition) is 3. The molecule has 0 saturated carbocycles. The van der Waals surface area contributed by atoms with Crippen molar-refractivity contribution in [3.8, 4) is 0 Å². The fourth-order valence-electron chi connectivity index (χ4n) is 0.998. The quantitative estimate of drug-likeness (QED) is 0.324. The van der Waals surface area contributed by atoms with Gasteiger partial charge in [0, 0.05) is 13.1 Å². The van der Waals surface area contributed by atoms with Crippen molar-refractivity contribution in [2.75, 3.05) is 19.6 Å². The zero-order valence-corrected chi connectivity index (χ0v) is 6.07. The largest absolute Gasteiger partial charge is 0.317 e. The first kappa shape index (κ1) is 7.21. The minimum atomic E-state index is 0.464. The lowest BCUT2D eigenvalue weighted by molar-refractivity contribution is 0.509. The van der Waals surface area contributed by atoms with E-state index in [4.69, 9.17) is 10.8 Å². The topological polar surface area (TPSA) is 63.0 Å². The Balaban J connectivity index is 2.56. The molecular weight excluding hydrogens is 128 g/mol. The molecular formula is C6H12N4. The third-order valence-electron chi connectivity index (χ3n) is 1.54. The van der Waals surface area contributed by atoms with Gasteiger partial charge < -0.3 is 10.2 Å². The van der Waals surface area contributed by atoms with Gasteiger partial charge in [0.15, 0.2) is 0 Å². The summed E-state index contributed by atoms with van der Waals surface area (Å²) in [5.74, 6) is 0.963. The third kappa shape index (κ3) is 1.33. The normalized spacial score (nSPS) is 19.3. The zero-order chi connectivity index (χ0) is 7.56. The lowest BCUT2D eigenvalue weighted by atomic mass is 10.3. The molecule has 3 N–H and O–H groups in total. The molecule has 0 atom stereocenters. The highest BCUT2D eigenvalue weighted by Gasteiger charge is 2.14.